The minimum atomic E-state index is -0.0600. The zero-order valence-corrected chi connectivity index (χ0v) is 11.4. The van der Waals surface area contributed by atoms with Gasteiger partial charge in [0.25, 0.3) is 0 Å². The van der Waals surface area contributed by atoms with Gasteiger partial charge in [-0.1, -0.05) is 6.07 Å². The van der Waals surface area contributed by atoms with Crippen LogP contribution in [0.1, 0.15) is 0 Å². The summed E-state index contributed by atoms with van der Waals surface area (Å²) in [7, 11) is 0. The Bertz CT molecular complexity index is 804. The first kappa shape index (κ1) is 12.9. The van der Waals surface area contributed by atoms with Crippen LogP contribution in [0.5, 0.6) is 11.5 Å². The molecular weight excluding hydrogens is 301 g/mol. The Labute approximate surface area is 123 Å². The SMILES string of the molecule is Oc1ccc2c(-c3nc(Cl)nc(Cl)n3)c(O)ccc2c1. The predicted molar refractivity (Wildman–Crippen MR) is 76.1 cm³/mol. The predicted octanol–water partition coefficient (Wildman–Crippen LogP) is 3.41. The third-order valence-corrected chi connectivity index (χ3v) is 3.12. The maximum Gasteiger partial charge on any atom is 0.227 e. The summed E-state index contributed by atoms with van der Waals surface area (Å²) in [6.45, 7) is 0. The normalized spacial score (nSPS) is 10.9. The van der Waals surface area contributed by atoms with Crippen LogP contribution in [0.3, 0.4) is 0 Å². The maximum atomic E-state index is 10.1. The molecule has 1 heterocycles. The average Bonchev–Trinajstić information content (AvgIpc) is 2.37. The Morgan fingerprint density at radius 2 is 1.55 bits per heavy atom. The number of nitrogens with zero attached hydrogens (tertiary/aromatic N) is 3. The van der Waals surface area contributed by atoms with Crippen LogP contribution in [0.25, 0.3) is 22.2 Å². The van der Waals surface area contributed by atoms with Crippen LogP contribution in [-0.2, 0) is 0 Å². The van der Waals surface area contributed by atoms with Crippen LogP contribution in [0, 0.1) is 0 Å². The highest BCUT2D eigenvalue weighted by Gasteiger charge is 2.14. The van der Waals surface area contributed by atoms with E-state index in [2.05, 4.69) is 15.0 Å². The zero-order chi connectivity index (χ0) is 14.3. The van der Waals surface area contributed by atoms with E-state index in [1.807, 2.05) is 0 Å². The number of phenolic OH excluding ortho intramolecular Hbond substituents is 2. The maximum absolute atomic E-state index is 10.1. The summed E-state index contributed by atoms with van der Waals surface area (Å²) in [5.41, 5.74) is 0.383. The molecule has 0 aliphatic rings. The van der Waals surface area contributed by atoms with E-state index < -0.39 is 0 Å². The Kier molecular flexibility index (Phi) is 3.08. The molecule has 0 atom stereocenters. The average molecular weight is 308 g/mol. The van der Waals surface area contributed by atoms with Crippen molar-refractivity contribution in [1.82, 2.24) is 15.0 Å². The molecule has 20 heavy (non-hydrogen) atoms. The van der Waals surface area contributed by atoms with Crippen molar-refractivity contribution in [3.63, 3.8) is 0 Å². The molecule has 0 radical (unpaired) electrons. The Hall–Kier alpha value is -2.11. The van der Waals surface area contributed by atoms with Crippen LogP contribution in [0.2, 0.25) is 10.6 Å². The van der Waals surface area contributed by atoms with Crippen molar-refractivity contribution in [3.8, 4) is 22.9 Å². The number of benzene rings is 2. The topological polar surface area (TPSA) is 79.1 Å². The fourth-order valence-corrected chi connectivity index (χ4v) is 2.34. The van der Waals surface area contributed by atoms with Gasteiger partial charge >= 0.3 is 0 Å². The number of hydrogen-bond donors (Lipinski definition) is 2. The number of aromatic nitrogens is 3. The van der Waals surface area contributed by atoms with Gasteiger partial charge in [0.2, 0.25) is 10.6 Å². The van der Waals surface area contributed by atoms with Crippen LogP contribution in [0.15, 0.2) is 30.3 Å². The molecule has 0 bridgehead atoms. The smallest absolute Gasteiger partial charge is 0.227 e. The lowest BCUT2D eigenvalue weighted by molar-refractivity contribution is 0.474. The molecule has 0 spiro atoms. The summed E-state index contributed by atoms with van der Waals surface area (Å²) in [6, 6.07) is 7.91. The Morgan fingerprint density at radius 1 is 0.850 bits per heavy atom. The minimum absolute atomic E-state index is 0.0125. The first-order valence-corrected chi connectivity index (χ1v) is 6.32. The molecule has 100 valence electrons. The number of aromatic hydroxyl groups is 2. The Morgan fingerprint density at radius 3 is 2.25 bits per heavy atom. The lowest BCUT2D eigenvalue weighted by atomic mass is 10.0. The van der Waals surface area contributed by atoms with Crippen molar-refractivity contribution in [2.45, 2.75) is 0 Å². The fourth-order valence-electron chi connectivity index (χ4n) is 1.98. The summed E-state index contributed by atoms with van der Waals surface area (Å²) in [5.74, 6) is 0.283. The van der Waals surface area contributed by atoms with E-state index in [4.69, 9.17) is 23.2 Å². The molecule has 0 fully saturated rings. The second-order valence-corrected chi connectivity index (χ2v) is 4.74. The van der Waals surface area contributed by atoms with Gasteiger partial charge in [-0.05, 0) is 58.2 Å². The van der Waals surface area contributed by atoms with Crippen molar-refractivity contribution < 1.29 is 10.2 Å². The van der Waals surface area contributed by atoms with Gasteiger partial charge in [0.15, 0.2) is 5.82 Å². The molecule has 0 saturated carbocycles. The molecule has 3 rings (SSSR count). The molecule has 0 aliphatic heterocycles. The Balaban J connectivity index is 2.37. The van der Waals surface area contributed by atoms with E-state index in [1.54, 1.807) is 18.2 Å². The van der Waals surface area contributed by atoms with E-state index >= 15 is 0 Å². The lowest BCUT2D eigenvalue weighted by Gasteiger charge is -2.08. The van der Waals surface area contributed by atoms with Gasteiger partial charge in [-0.15, -0.1) is 0 Å². The number of fused-ring (bicyclic) bond motifs is 1. The lowest BCUT2D eigenvalue weighted by Crippen LogP contribution is -1.95. The van der Waals surface area contributed by atoms with E-state index in [-0.39, 0.29) is 27.9 Å². The molecule has 2 aromatic carbocycles. The van der Waals surface area contributed by atoms with Gasteiger partial charge in [-0.25, -0.2) is 0 Å². The number of halogens is 2. The molecule has 1 aromatic heterocycles. The third-order valence-electron chi connectivity index (χ3n) is 2.79. The summed E-state index contributed by atoms with van der Waals surface area (Å²) < 4.78 is 0. The van der Waals surface area contributed by atoms with Gasteiger partial charge in [0.1, 0.15) is 11.5 Å². The van der Waals surface area contributed by atoms with Crippen molar-refractivity contribution >= 4 is 34.0 Å². The highest BCUT2D eigenvalue weighted by Crippen LogP contribution is 2.36. The molecule has 0 saturated heterocycles. The number of hydrogen-bond acceptors (Lipinski definition) is 5. The number of phenols is 2. The minimum Gasteiger partial charge on any atom is -0.508 e. The van der Waals surface area contributed by atoms with Crippen LogP contribution in [0.4, 0.5) is 0 Å². The van der Waals surface area contributed by atoms with Crippen molar-refractivity contribution in [2.24, 2.45) is 0 Å². The molecular formula is C13H7Cl2N3O2. The standard InChI is InChI=1S/C13H7Cl2N3O2/c14-12-16-11(17-13(15)18-12)10-8-3-2-7(19)5-6(8)1-4-9(10)20/h1-5,19-20H. The van der Waals surface area contributed by atoms with Crippen molar-refractivity contribution in [3.05, 3.63) is 40.9 Å². The third kappa shape index (κ3) is 2.21. The first-order chi connectivity index (χ1) is 9.54. The van der Waals surface area contributed by atoms with Crippen molar-refractivity contribution in [1.29, 1.82) is 0 Å². The van der Waals surface area contributed by atoms with Crippen LogP contribution >= 0.6 is 23.2 Å². The fraction of sp³-hybridized carbons (Fsp3) is 0. The van der Waals surface area contributed by atoms with E-state index in [0.717, 1.165) is 5.39 Å². The number of rotatable bonds is 1. The summed E-state index contributed by atoms with van der Waals surface area (Å²) in [4.78, 5) is 11.6. The van der Waals surface area contributed by atoms with Crippen molar-refractivity contribution in [2.75, 3.05) is 0 Å². The zero-order valence-electron chi connectivity index (χ0n) is 9.88. The molecule has 2 N–H and O–H groups in total. The second kappa shape index (κ2) is 4.77. The van der Waals surface area contributed by atoms with E-state index in [9.17, 15) is 10.2 Å². The summed E-state index contributed by atoms with van der Waals surface area (Å²) in [5, 5.41) is 20.8. The molecule has 0 unspecified atom stereocenters. The van der Waals surface area contributed by atoms with Gasteiger partial charge < -0.3 is 10.2 Å². The second-order valence-electron chi connectivity index (χ2n) is 4.06. The molecule has 0 amide bonds. The van der Waals surface area contributed by atoms with Gasteiger partial charge in [0.05, 0.1) is 5.56 Å². The van der Waals surface area contributed by atoms with E-state index in [1.165, 1.54) is 12.1 Å². The summed E-state index contributed by atoms with van der Waals surface area (Å²) >= 11 is 11.5. The van der Waals surface area contributed by atoms with Crippen LogP contribution < -0.4 is 0 Å². The van der Waals surface area contributed by atoms with E-state index in [0.29, 0.717) is 10.9 Å². The largest absolute Gasteiger partial charge is 0.508 e. The molecule has 3 aromatic rings. The highest BCUT2D eigenvalue weighted by atomic mass is 35.5. The monoisotopic (exact) mass is 307 g/mol. The first-order valence-electron chi connectivity index (χ1n) is 5.57. The molecule has 7 heteroatoms. The quantitative estimate of drug-likeness (QED) is 0.720. The van der Waals surface area contributed by atoms with Gasteiger partial charge in [-0.2, -0.15) is 15.0 Å². The molecule has 5 nitrogen and oxygen atoms in total. The highest BCUT2D eigenvalue weighted by molar-refractivity contribution is 6.31. The molecule has 0 aliphatic carbocycles. The summed E-state index contributed by atoms with van der Waals surface area (Å²) in [6.07, 6.45) is 0. The van der Waals surface area contributed by atoms with Gasteiger partial charge in [0, 0.05) is 0 Å². The van der Waals surface area contributed by atoms with Gasteiger partial charge in [-0.3, -0.25) is 0 Å². The van der Waals surface area contributed by atoms with Crippen LogP contribution in [-0.4, -0.2) is 25.2 Å².